The quantitative estimate of drug-likeness (QED) is 0.452. The molecule has 0 spiro atoms. The van der Waals surface area contributed by atoms with E-state index in [0.717, 1.165) is 13.2 Å². The maximum Gasteiger partial charge on any atom is 0.338 e. The van der Waals surface area contributed by atoms with Gasteiger partial charge in [0.25, 0.3) is 5.91 Å². The standard InChI is InChI=1S/C18H17FN2O6/c1-11-3-4-12(7-14(11)19)9-20-17(22)10-27-16-6-5-13(18(23)26-2)8-15(16)21(24)25/h3-8H,9-10H2,1-2H3,(H,20,22). The summed E-state index contributed by atoms with van der Waals surface area (Å²) < 4.78 is 23.2. The molecule has 1 amide bonds. The van der Waals surface area contributed by atoms with E-state index in [2.05, 4.69) is 10.1 Å². The highest BCUT2D eigenvalue weighted by atomic mass is 19.1. The maximum absolute atomic E-state index is 13.5. The number of hydrogen-bond donors (Lipinski definition) is 1. The molecule has 0 aromatic heterocycles. The molecule has 9 heteroatoms. The number of nitrogens with zero attached hydrogens (tertiary/aromatic N) is 1. The third kappa shape index (κ3) is 5.24. The zero-order valence-corrected chi connectivity index (χ0v) is 14.7. The molecule has 2 aromatic carbocycles. The van der Waals surface area contributed by atoms with Gasteiger partial charge in [0.15, 0.2) is 12.4 Å². The van der Waals surface area contributed by atoms with Gasteiger partial charge in [-0.1, -0.05) is 12.1 Å². The number of hydrogen-bond acceptors (Lipinski definition) is 6. The predicted molar refractivity (Wildman–Crippen MR) is 92.9 cm³/mol. The molecule has 0 aliphatic carbocycles. The number of esters is 1. The minimum atomic E-state index is -0.729. The predicted octanol–water partition coefficient (Wildman–Crippen LogP) is 2.52. The second-order valence-corrected chi connectivity index (χ2v) is 5.58. The van der Waals surface area contributed by atoms with E-state index in [-0.39, 0.29) is 23.7 Å². The number of benzene rings is 2. The van der Waals surface area contributed by atoms with Crippen LogP contribution in [-0.4, -0.2) is 30.5 Å². The zero-order valence-electron chi connectivity index (χ0n) is 14.7. The fourth-order valence-electron chi connectivity index (χ4n) is 2.17. The summed E-state index contributed by atoms with van der Waals surface area (Å²) in [7, 11) is 1.16. The van der Waals surface area contributed by atoms with Crippen LogP contribution in [0.3, 0.4) is 0 Å². The van der Waals surface area contributed by atoms with Crippen molar-refractivity contribution in [2.75, 3.05) is 13.7 Å². The maximum atomic E-state index is 13.5. The van der Waals surface area contributed by atoms with Gasteiger partial charge in [0.1, 0.15) is 5.82 Å². The number of nitro groups is 1. The number of ether oxygens (including phenoxy) is 2. The topological polar surface area (TPSA) is 108 Å². The van der Waals surface area contributed by atoms with E-state index in [1.165, 1.54) is 18.2 Å². The Bertz CT molecular complexity index is 884. The van der Waals surface area contributed by atoms with Crippen molar-refractivity contribution in [2.45, 2.75) is 13.5 Å². The Morgan fingerprint density at radius 1 is 1.22 bits per heavy atom. The van der Waals surface area contributed by atoms with Gasteiger partial charge in [0, 0.05) is 12.6 Å². The number of methoxy groups -OCH3 is 1. The molecule has 2 rings (SSSR count). The van der Waals surface area contributed by atoms with Gasteiger partial charge in [-0.2, -0.15) is 0 Å². The summed E-state index contributed by atoms with van der Waals surface area (Å²) in [5.41, 5.74) is 0.588. The smallest absolute Gasteiger partial charge is 0.338 e. The lowest BCUT2D eigenvalue weighted by atomic mass is 10.1. The first-order valence-electron chi connectivity index (χ1n) is 7.83. The summed E-state index contributed by atoms with van der Waals surface area (Å²) in [6.07, 6.45) is 0. The Balaban J connectivity index is 1.98. The molecule has 0 aliphatic rings. The van der Waals surface area contributed by atoms with Crippen LogP contribution in [0.1, 0.15) is 21.5 Å². The SMILES string of the molecule is COC(=O)c1ccc(OCC(=O)NCc2ccc(C)c(F)c2)c([N+](=O)[O-])c1. The number of rotatable bonds is 7. The molecule has 0 heterocycles. The average molecular weight is 376 g/mol. The third-order valence-electron chi connectivity index (χ3n) is 3.66. The van der Waals surface area contributed by atoms with Gasteiger partial charge in [-0.05, 0) is 36.2 Å². The van der Waals surface area contributed by atoms with E-state index in [1.54, 1.807) is 19.1 Å². The van der Waals surface area contributed by atoms with Crippen LogP contribution in [0.5, 0.6) is 5.75 Å². The van der Waals surface area contributed by atoms with Crippen LogP contribution in [-0.2, 0) is 16.1 Å². The normalized spacial score (nSPS) is 10.2. The Morgan fingerprint density at radius 3 is 2.59 bits per heavy atom. The van der Waals surface area contributed by atoms with E-state index in [4.69, 9.17) is 4.74 Å². The van der Waals surface area contributed by atoms with Gasteiger partial charge in [-0.25, -0.2) is 9.18 Å². The van der Waals surface area contributed by atoms with Gasteiger partial charge < -0.3 is 14.8 Å². The summed E-state index contributed by atoms with van der Waals surface area (Å²) in [4.78, 5) is 33.7. The van der Waals surface area contributed by atoms with Crippen LogP contribution in [0.2, 0.25) is 0 Å². The number of carbonyl (C=O) groups is 2. The molecule has 0 saturated heterocycles. The van der Waals surface area contributed by atoms with Gasteiger partial charge >= 0.3 is 11.7 Å². The fourth-order valence-corrected chi connectivity index (χ4v) is 2.17. The summed E-state index contributed by atoms with van der Waals surface area (Å²) in [5.74, 6) is -1.81. The molecule has 142 valence electrons. The van der Waals surface area contributed by atoms with E-state index in [9.17, 15) is 24.1 Å². The molecule has 8 nitrogen and oxygen atoms in total. The van der Waals surface area contributed by atoms with E-state index < -0.39 is 29.1 Å². The molecule has 0 bridgehead atoms. The first-order chi connectivity index (χ1) is 12.8. The molecule has 0 atom stereocenters. The summed E-state index contributed by atoms with van der Waals surface area (Å²) >= 11 is 0. The van der Waals surface area contributed by atoms with Crippen LogP contribution < -0.4 is 10.1 Å². The minimum Gasteiger partial charge on any atom is -0.477 e. The van der Waals surface area contributed by atoms with Crippen molar-refractivity contribution in [1.82, 2.24) is 5.32 Å². The third-order valence-corrected chi connectivity index (χ3v) is 3.66. The lowest BCUT2D eigenvalue weighted by Gasteiger charge is -2.09. The first-order valence-corrected chi connectivity index (χ1v) is 7.83. The summed E-state index contributed by atoms with van der Waals surface area (Å²) in [5, 5.41) is 13.7. The Morgan fingerprint density at radius 2 is 1.96 bits per heavy atom. The van der Waals surface area contributed by atoms with Crippen LogP contribution in [0.25, 0.3) is 0 Å². The lowest BCUT2D eigenvalue weighted by molar-refractivity contribution is -0.385. The molecule has 27 heavy (non-hydrogen) atoms. The molecule has 1 N–H and O–H groups in total. The Hall–Kier alpha value is -3.49. The van der Waals surface area contributed by atoms with Crippen molar-refractivity contribution in [3.05, 3.63) is 69.0 Å². The molecule has 0 radical (unpaired) electrons. The molecule has 0 fully saturated rings. The zero-order chi connectivity index (χ0) is 20.0. The van der Waals surface area contributed by atoms with Crippen molar-refractivity contribution in [3.63, 3.8) is 0 Å². The van der Waals surface area contributed by atoms with Crippen LogP contribution in [0, 0.1) is 22.9 Å². The average Bonchev–Trinajstić information content (AvgIpc) is 2.66. The second-order valence-electron chi connectivity index (χ2n) is 5.58. The molecule has 0 unspecified atom stereocenters. The number of amides is 1. The fraction of sp³-hybridized carbons (Fsp3) is 0.222. The van der Waals surface area contributed by atoms with Crippen molar-refractivity contribution < 1.29 is 28.4 Å². The van der Waals surface area contributed by atoms with Gasteiger partial charge in [-0.3, -0.25) is 14.9 Å². The van der Waals surface area contributed by atoms with Crippen LogP contribution in [0.4, 0.5) is 10.1 Å². The number of nitro benzene ring substituents is 1. The van der Waals surface area contributed by atoms with Gasteiger partial charge in [0.05, 0.1) is 17.6 Å². The largest absolute Gasteiger partial charge is 0.477 e. The lowest BCUT2D eigenvalue weighted by Crippen LogP contribution is -2.28. The molecule has 2 aromatic rings. The van der Waals surface area contributed by atoms with Crippen molar-refractivity contribution >= 4 is 17.6 Å². The number of carbonyl (C=O) groups excluding carboxylic acids is 2. The molecule has 0 aliphatic heterocycles. The molecule has 0 saturated carbocycles. The summed E-state index contributed by atoms with van der Waals surface area (Å²) in [6, 6.07) is 8.10. The molecular weight excluding hydrogens is 359 g/mol. The van der Waals surface area contributed by atoms with Crippen LogP contribution >= 0.6 is 0 Å². The number of nitrogens with one attached hydrogen (secondary N) is 1. The van der Waals surface area contributed by atoms with Gasteiger partial charge in [-0.15, -0.1) is 0 Å². The van der Waals surface area contributed by atoms with E-state index >= 15 is 0 Å². The van der Waals surface area contributed by atoms with Crippen molar-refractivity contribution in [3.8, 4) is 5.75 Å². The highest BCUT2D eigenvalue weighted by Gasteiger charge is 2.20. The molecular formula is C18H17FN2O6. The summed E-state index contributed by atoms with van der Waals surface area (Å²) in [6.45, 7) is 1.24. The number of aryl methyl sites for hydroxylation is 1. The van der Waals surface area contributed by atoms with Crippen molar-refractivity contribution in [2.24, 2.45) is 0 Å². The minimum absolute atomic E-state index is 0.0117. The van der Waals surface area contributed by atoms with Crippen molar-refractivity contribution in [1.29, 1.82) is 0 Å². The first kappa shape index (κ1) is 19.8. The highest BCUT2D eigenvalue weighted by Crippen LogP contribution is 2.28. The number of halogens is 1. The second kappa shape index (κ2) is 8.75. The van der Waals surface area contributed by atoms with Crippen LogP contribution in [0.15, 0.2) is 36.4 Å². The Kier molecular flexibility index (Phi) is 6.42. The highest BCUT2D eigenvalue weighted by molar-refractivity contribution is 5.90. The monoisotopic (exact) mass is 376 g/mol. The Labute approximate surface area is 154 Å². The van der Waals surface area contributed by atoms with E-state index in [1.807, 2.05) is 0 Å². The van der Waals surface area contributed by atoms with E-state index in [0.29, 0.717) is 11.1 Å². The van der Waals surface area contributed by atoms with Gasteiger partial charge in [0.2, 0.25) is 0 Å².